The molecule has 1 saturated carbocycles. The summed E-state index contributed by atoms with van der Waals surface area (Å²) in [5.74, 6) is -2.10. The van der Waals surface area contributed by atoms with Crippen molar-refractivity contribution in [2.45, 2.75) is 25.1 Å². The second kappa shape index (κ2) is 4.44. The summed E-state index contributed by atoms with van der Waals surface area (Å²) in [5, 5.41) is 0. The first-order valence-corrected chi connectivity index (χ1v) is 5.71. The van der Waals surface area contributed by atoms with E-state index in [9.17, 15) is 17.6 Å². The molecule has 0 radical (unpaired) electrons. The van der Waals surface area contributed by atoms with Crippen LogP contribution >= 0.6 is 15.9 Å². The minimum atomic E-state index is -4.50. The van der Waals surface area contributed by atoms with Crippen LogP contribution < -0.4 is 4.74 Å². The number of ether oxygens (including phenoxy) is 1. The molecule has 1 atom stereocenters. The van der Waals surface area contributed by atoms with Gasteiger partial charge in [0.2, 0.25) is 0 Å². The maximum absolute atomic E-state index is 13.3. The van der Waals surface area contributed by atoms with Crippen LogP contribution in [0.3, 0.4) is 0 Å². The van der Waals surface area contributed by atoms with E-state index < -0.39 is 29.9 Å². The predicted molar refractivity (Wildman–Crippen MR) is 55.1 cm³/mol. The fourth-order valence-electron chi connectivity index (χ4n) is 1.44. The summed E-state index contributed by atoms with van der Waals surface area (Å²) in [6, 6.07) is 1.02. The van der Waals surface area contributed by atoms with E-state index >= 15 is 0 Å². The molecule has 0 aliphatic heterocycles. The summed E-state index contributed by atoms with van der Waals surface area (Å²) in [7, 11) is 0. The standard InChI is InChI=1S/C10H8BrF4NO/c11-6-3-7(12)9(16-4-6)17-8(5-1-2-5)10(13,14)15/h3-5,8H,1-2H2. The number of nitrogens with zero attached hydrogens (tertiary/aromatic N) is 1. The molecule has 1 fully saturated rings. The van der Waals surface area contributed by atoms with Crippen LogP contribution in [-0.2, 0) is 0 Å². The van der Waals surface area contributed by atoms with Gasteiger partial charge in [-0.25, -0.2) is 9.37 Å². The lowest BCUT2D eigenvalue weighted by atomic mass is 10.2. The molecule has 17 heavy (non-hydrogen) atoms. The van der Waals surface area contributed by atoms with Crippen molar-refractivity contribution in [3.8, 4) is 5.88 Å². The minimum absolute atomic E-state index is 0.345. The van der Waals surface area contributed by atoms with Crippen LogP contribution in [0.25, 0.3) is 0 Å². The summed E-state index contributed by atoms with van der Waals surface area (Å²) in [6.45, 7) is 0. The van der Waals surface area contributed by atoms with Gasteiger partial charge in [0.15, 0.2) is 11.9 Å². The zero-order valence-corrected chi connectivity index (χ0v) is 10.1. The second-order valence-corrected chi connectivity index (χ2v) is 4.77. The zero-order valence-electron chi connectivity index (χ0n) is 8.47. The number of pyridine rings is 1. The topological polar surface area (TPSA) is 22.1 Å². The fourth-order valence-corrected chi connectivity index (χ4v) is 1.74. The van der Waals surface area contributed by atoms with Crippen LogP contribution in [0.15, 0.2) is 16.7 Å². The summed E-state index contributed by atoms with van der Waals surface area (Å²) in [5.41, 5.74) is 0. The third-order valence-electron chi connectivity index (χ3n) is 2.39. The van der Waals surface area contributed by atoms with Crippen molar-refractivity contribution in [3.63, 3.8) is 0 Å². The number of hydrogen-bond acceptors (Lipinski definition) is 2. The Morgan fingerprint density at radius 2 is 2.06 bits per heavy atom. The van der Waals surface area contributed by atoms with Crippen LogP contribution in [0.1, 0.15) is 12.8 Å². The molecular formula is C10H8BrF4NO. The van der Waals surface area contributed by atoms with Crippen molar-refractivity contribution in [2.24, 2.45) is 5.92 Å². The van der Waals surface area contributed by atoms with Crippen molar-refractivity contribution in [1.82, 2.24) is 4.98 Å². The molecule has 0 N–H and O–H groups in total. The van der Waals surface area contributed by atoms with Gasteiger partial charge in [0.05, 0.1) is 0 Å². The normalized spacial score (nSPS) is 17.9. The molecule has 94 valence electrons. The maximum atomic E-state index is 13.3. The summed E-state index contributed by atoms with van der Waals surface area (Å²) >= 11 is 2.96. The van der Waals surface area contributed by atoms with Gasteiger partial charge in [-0.2, -0.15) is 13.2 Å². The van der Waals surface area contributed by atoms with Crippen molar-refractivity contribution in [2.75, 3.05) is 0 Å². The largest absolute Gasteiger partial charge is 0.462 e. The SMILES string of the molecule is Fc1cc(Br)cnc1OC(C1CC1)C(F)(F)F. The van der Waals surface area contributed by atoms with Gasteiger partial charge in [0.25, 0.3) is 5.88 Å². The molecule has 0 amide bonds. The Morgan fingerprint density at radius 1 is 1.41 bits per heavy atom. The monoisotopic (exact) mass is 313 g/mol. The number of alkyl halides is 3. The first-order chi connectivity index (χ1) is 7.88. The Morgan fingerprint density at radius 3 is 2.53 bits per heavy atom. The fraction of sp³-hybridized carbons (Fsp3) is 0.500. The molecule has 1 aromatic rings. The van der Waals surface area contributed by atoms with Gasteiger partial charge in [-0.1, -0.05) is 0 Å². The van der Waals surface area contributed by atoms with Crippen LogP contribution in [0.5, 0.6) is 5.88 Å². The molecule has 0 aromatic carbocycles. The van der Waals surface area contributed by atoms with E-state index in [4.69, 9.17) is 0 Å². The van der Waals surface area contributed by atoms with E-state index in [0.29, 0.717) is 17.3 Å². The molecule has 7 heteroatoms. The summed E-state index contributed by atoms with van der Waals surface area (Å²) in [4.78, 5) is 3.50. The lowest BCUT2D eigenvalue weighted by molar-refractivity contribution is -0.202. The first kappa shape index (κ1) is 12.6. The Hall–Kier alpha value is -0.850. The highest BCUT2D eigenvalue weighted by molar-refractivity contribution is 9.10. The number of rotatable bonds is 3. The van der Waals surface area contributed by atoms with E-state index in [1.165, 1.54) is 6.20 Å². The lowest BCUT2D eigenvalue weighted by Gasteiger charge is -2.20. The minimum Gasteiger partial charge on any atom is -0.462 e. The van der Waals surface area contributed by atoms with E-state index in [1.807, 2.05) is 0 Å². The quantitative estimate of drug-likeness (QED) is 0.794. The molecule has 1 aromatic heterocycles. The second-order valence-electron chi connectivity index (χ2n) is 3.86. The molecule has 1 aliphatic carbocycles. The Bertz CT molecular complexity index is 419. The Kier molecular flexibility index (Phi) is 3.29. The zero-order chi connectivity index (χ0) is 12.6. The molecule has 2 rings (SSSR count). The maximum Gasteiger partial charge on any atom is 0.425 e. The molecule has 2 nitrogen and oxygen atoms in total. The van der Waals surface area contributed by atoms with E-state index in [-0.39, 0.29) is 0 Å². The van der Waals surface area contributed by atoms with Crippen molar-refractivity contribution in [1.29, 1.82) is 0 Å². The number of halogens is 5. The molecule has 0 bridgehead atoms. The predicted octanol–water partition coefficient (Wildman–Crippen LogP) is 3.70. The van der Waals surface area contributed by atoms with E-state index in [1.54, 1.807) is 0 Å². The van der Waals surface area contributed by atoms with Gasteiger partial charge in [-0.15, -0.1) is 0 Å². The van der Waals surface area contributed by atoms with Crippen molar-refractivity contribution in [3.05, 3.63) is 22.6 Å². The van der Waals surface area contributed by atoms with Gasteiger partial charge < -0.3 is 4.74 Å². The third kappa shape index (κ3) is 3.08. The summed E-state index contributed by atoms with van der Waals surface area (Å²) in [6.07, 6.45) is -4.38. The van der Waals surface area contributed by atoms with Gasteiger partial charge in [0.1, 0.15) is 0 Å². The van der Waals surface area contributed by atoms with Crippen LogP contribution in [0.2, 0.25) is 0 Å². The van der Waals surface area contributed by atoms with Crippen molar-refractivity contribution >= 4 is 15.9 Å². The average molecular weight is 314 g/mol. The highest BCUT2D eigenvalue weighted by Crippen LogP contribution is 2.42. The van der Waals surface area contributed by atoms with E-state index in [2.05, 4.69) is 25.7 Å². The molecular weight excluding hydrogens is 306 g/mol. The molecule has 1 unspecified atom stereocenters. The van der Waals surface area contributed by atoms with Crippen LogP contribution in [-0.4, -0.2) is 17.3 Å². The van der Waals surface area contributed by atoms with E-state index in [0.717, 1.165) is 6.07 Å². The molecule has 1 heterocycles. The lowest BCUT2D eigenvalue weighted by Crippen LogP contribution is -2.36. The van der Waals surface area contributed by atoms with Crippen LogP contribution in [0.4, 0.5) is 17.6 Å². The van der Waals surface area contributed by atoms with Gasteiger partial charge in [-0.05, 0) is 34.8 Å². The smallest absolute Gasteiger partial charge is 0.425 e. The Balaban J connectivity index is 2.17. The number of hydrogen-bond donors (Lipinski definition) is 0. The van der Waals surface area contributed by atoms with Crippen LogP contribution in [0, 0.1) is 11.7 Å². The van der Waals surface area contributed by atoms with Gasteiger partial charge in [-0.3, -0.25) is 0 Å². The van der Waals surface area contributed by atoms with Gasteiger partial charge in [0, 0.05) is 16.6 Å². The molecule has 1 aliphatic rings. The Labute approximate surface area is 103 Å². The number of aromatic nitrogens is 1. The van der Waals surface area contributed by atoms with Gasteiger partial charge >= 0.3 is 6.18 Å². The summed E-state index contributed by atoms with van der Waals surface area (Å²) < 4.78 is 56.2. The first-order valence-electron chi connectivity index (χ1n) is 4.92. The average Bonchev–Trinajstić information content (AvgIpc) is 2.98. The molecule has 0 spiro atoms. The van der Waals surface area contributed by atoms with Crippen molar-refractivity contribution < 1.29 is 22.3 Å². The highest BCUT2D eigenvalue weighted by atomic mass is 79.9. The third-order valence-corrected chi connectivity index (χ3v) is 2.82. The highest BCUT2D eigenvalue weighted by Gasteiger charge is 2.51. The molecule has 0 saturated heterocycles.